The smallest absolute Gasteiger partial charge is 0.388 e. The van der Waals surface area contributed by atoms with Gasteiger partial charge in [0.25, 0.3) is 0 Å². The number of hydrogen-bond donors (Lipinski definition) is 2. The molecule has 2 N–H and O–H groups in total. The Morgan fingerprint density at radius 2 is 2.05 bits per heavy atom. The Labute approximate surface area is 117 Å². The quantitative estimate of drug-likeness (QED) is 0.731. The third-order valence-corrected chi connectivity index (χ3v) is 3.40. The number of alkyl halides is 3. The SMILES string of the molecule is O=C1C=C(CNC(=O)C(F)(F)F)C(=O)C2=C1C(O)CCC2. The number of rotatable bonds is 2. The lowest BCUT2D eigenvalue weighted by Gasteiger charge is -2.26. The van der Waals surface area contributed by atoms with Crippen LogP contribution in [0.5, 0.6) is 0 Å². The fourth-order valence-corrected chi connectivity index (χ4v) is 2.40. The van der Waals surface area contributed by atoms with Crippen LogP contribution in [0.25, 0.3) is 0 Å². The van der Waals surface area contributed by atoms with E-state index in [0.29, 0.717) is 19.3 Å². The molecule has 114 valence electrons. The molecular formula is C13H12F3NO4. The van der Waals surface area contributed by atoms with E-state index in [4.69, 9.17) is 0 Å². The van der Waals surface area contributed by atoms with Crippen molar-refractivity contribution < 1.29 is 32.7 Å². The maximum atomic E-state index is 12.1. The van der Waals surface area contributed by atoms with Gasteiger partial charge in [0.2, 0.25) is 0 Å². The third-order valence-electron chi connectivity index (χ3n) is 3.40. The molecule has 1 atom stereocenters. The highest BCUT2D eigenvalue weighted by Gasteiger charge is 2.39. The number of hydrogen-bond acceptors (Lipinski definition) is 4. The number of aliphatic hydroxyl groups is 1. The fraction of sp³-hybridized carbons (Fsp3) is 0.462. The molecule has 0 saturated carbocycles. The van der Waals surface area contributed by atoms with E-state index in [0.717, 1.165) is 6.08 Å². The van der Waals surface area contributed by atoms with Gasteiger partial charge in [-0.25, -0.2) is 0 Å². The van der Waals surface area contributed by atoms with Gasteiger partial charge in [0, 0.05) is 23.3 Å². The number of carbonyl (C=O) groups is 3. The topological polar surface area (TPSA) is 83.5 Å². The average Bonchev–Trinajstić information content (AvgIpc) is 2.39. The Morgan fingerprint density at radius 3 is 2.67 bits per heavy atom. The second kappa shape index (κ2) is 5.44. The highest BCUT2D eigenvalue weighted by molar-refractivity contribution is 6.23. The first-order valence-corrected chi connectivity index (χ1v) is 6.27. The van der Waals surface area contributed by atoms with Crippen LogP contribution in [0.1, 0.15) is 19.3 Å². The normalized spacial score (nSPS) is 22.9. The molecule has 21 heavy (non-hydrogen) atoms. The molecule has 0 saturated heterocycles. The predicted octanol–water partition coefficient (Wildman–Crippen LogP) is 0.584. The molecule has 2 aliphatic rings. The van der Waals surface area contributed by atoms with Crippen molar-refractivity contribution in [1.29, 1.82) is 0 Å². The van der Waals surface area contributed by atoms with Crippen LogP contribution in [-0.4, -0.2) is 41.4 Å². The molecule has 0 bridgehead atoms. The molecule has 0 aromatic heterocycles. The van der Waals surface area contributed by atoms with Gasteiger partial charge in [-0.1, -0.05) is 0 Å². The second-order valence-electron chi connectivity index (χ2n) is 4.84. The van der Waals surface area contributed by atoms with E-state index in [1.165, 1.54) is 0 Å². The maximum Gasteiger partial charge on any atom is 0.471 e. The van der Waals surface area contributed by atoms with Crippen LogP contribution in [-0.2, 0) is 14.4 Å². The average molecular weight is 303 g/mol. The molecule has 8 heteroatoms. The zero-order chi connectivity index (χ0) is 15.8. The lowest BCUT2D eigenvalue weighted by atomic mass is 9.79. The lowest BCUT2D eigenvalue weighted by molar-refractivity contribution is -0.173. The van der Waals surface area contributed by atoms with Gasteiger partial charge in [-0.3, -0.25) is 14.4 Å². The van der Waals surface area contributed by atoms with Crippen molar-refractivity contribution in [1.82, 2.24) is 5.32 Å². The monoisotopic (exact) mass is 303 g/mol. The van der Waals surface area contributed by atoms with Gasteiger partial charge in [-0.05, 0) is 25.3 Å². The minimum Gasteiger partial charge on any atom is -0.388 e. The molecule has 5 nitrogen and oxygen atoms in total. The second-order valence-corrected chi connectivity index (χ2v) is 4.84. The van der Waals surface area contributed by atoms with E-state index >= 15 is 0 Å². The molecular weight excluding hydrogens is 291 g/mol. The summed E-state index contributed by atoms with van der Waals surface area (Å²) in [4.78, 5) is 34.7. The minimum absolute atomic E-state index is 0.0251. The van der Waals surface area contributed by atoms with Crippen LogP contribution in [0, 0.1) is 0 Å². The summed E-state index contributed by atoms with van der Waals surface area (Å²) in [6, 6.07) is 0. The molecule has 0 aliphatic heterocycles. The van der Waals surface area contributed by atoms with Crippen molar-refractivity contribution in [3.8, 4) is 0 Å². The minimum atomic E-state index is -5.05. The van der Waals surface area contributed by atoms with Crippen LogP contribution in [0.3, 0.4) is 0 Å². The lowest BCUT2D eigenvalue weighted by Crippen LogP contribution is -2.40. The Kier molecular flexibility index (Phi) is 3.99. The number of halogens is 3. The number of aliphatic hydroxyl groups excluding tert-OH is 1. The van der Waals surface area contributed by atoms with Crippen LogP contribution in [0.2, 0.25) is 0 Å². The molecule has 2 rings (SSSR count). The zero-order valence-corrected chi connectivity index (χ0v) is 10.8. The molecule has 0 aromatic rings. The number of ketones is 2. The molecule has 1 unspecified atom stereocenters. The van der Waals surface area contributed by atoms with Crippen LogP contribution < -0.4 is 5.32 Å². The van der Waals surface area contributed by atoms with Crippen molar-refractivity contribution in [3.05, 3.63) is 22.8 Å². The Morgan fingerprint density at radius 1 is 1.38 bits per heavy atom. The number of amides is 1. The van der Waals surface area contributed by atoms with E-state index in [9.17, 15) is 32.7 Å². The number of Topliss-reactive ketones (excluding diaryl/α,β-unsaturated/α-hetero) is 1. The van der Waals surface area contributed by atoms with Crippen LogP contribution in [0.4, 0.5) is 13.2 Å². The summed E-state index contributed by atoms with van der Waals surface area (Å²) in [5, 5.41) is 11.3. The summed E-state index contributed by atoms with van der Waals surface area (Å²) in [6.07, 6.45) is -4.01. The van der Waals surface area contributed by atoms with Gasteiger partial charge in [-0.15, -0.1) is 0 Å². The summed E-state index contributed by atoms with van der Waals surface area (Å²) >= 11 is 0. The van der Waals surface area contributed by atoms with E-state index in [1.54, 1.807) is 5.32 Å². The summed E-state index contributed by atoms with van der Waals surface area (Å²) in [5.41, 5.74) is -0.0416. The molecule has 0 radical (unpaired) electrons. The van der Waals surface area contributed by atoms with Crippen molar-refractivity contribution >= 4 is 17.5 Å². The Bertz CT molecular complexity index is 574. The number of allylic oxidation sites excluding steroid dienone is 2. The van der Waals surface area contributed by atoms with E-state index in [-0.39, 0.29) is 16.7 Å². The highest BCUT2D eigenvalue weighted by Crippen LogP contribution is 2.31. The van der Waals surface area contributed by atoms with Crippen molar-refractivity contribution in [2.24, 2.45) is 0 Å². The molecule has 2 aliphatic carbocycles. The summed E-state index contributed by atoms with van der Waals surface area (Å²) in [5.74, 6) is -3.36. The van der Waals surface area contributed by atoms with Gasteiger partial charge < -0.3 is 10.4 Å². The first-order valence-electron chi connectivity index (χ1n) is 6.27. The Hall–Kier alpha value is -1.96. The van der Waals surface area contributed by atoms with E-state index < -0.39 is 36.3 Å². The first-order chi connectivity index (χ1) is 9.71. The van der Waals surface area contributed by atoms with Gasteiger partial charge in [-0.2, -0.15) is 13.2 Å². The van der Waals surface area contributed by atoms with Gasteiger partial charge >= 0.3 is 12.1 Å². The molecule has 0 spiro atoms. The number of carbonyl (C=O) groups excluding carboxylic acids is 3. The molecule has 0 fully saturated rings. The van der Waals surface area contributed by atoms with E-state index in [2.05, 4.69) is 0 Å². The summed E-state index contributed by atoms with van der Waals surface area (Å²) < 4.78 is 36.2. The van der Waals surface area contributed by atoms with Crippen molar-refractivity contribution in [3.63, 3.8) is 0 Å². The highest BCUT2D eigenvalue weighted by atomic mass is 19.4. The third kappa shape index (κ3) is 3.05. The largest absolute Gasteiger partial charge is 0.471 e. The molecule has 0 aromatic carbocycles. The Balaban J connectivity index is 2.14. The molecule has 0 heterocycles. The van der Waals surface area contributed by atoms with Crippen molar-refractivity contribution in [2.75, 3.05) is 6.54 Å². The van der Waals surface area contributed by atoms with Crippen LogP contribution in [0.15, 0.2) is 22.8 Å². The standard InChI is InChI=1S/C13H12F3NO4/c14-13(15,16)12(21)17-5-6-4-9(19)10-7(11(6)20)2-1-3-8(10)18/h4,8,18H,1-3,5H2,(H,17,21). The van der Waals surface area contributed by atoms with Gasteiger partial charge in [0.15, 0.2) is 11.6 Å². The molecule has 1 amide bonds. The summed E-state index contributed by atoms with van der Waals surface area (Å²) in [7, 11) is 0. The number of nitrogens with one attached hydrogen (secondary N) is 1. The van der Waals surface area contributed by atoms with Gasteiger partial charge in [0.05, 0.1) is 6.10 Å². The van der Waals surface area contributed by atoms with Crippen LogP contribution >= 0.6 is 0 Å². The maximum absolute atomic E-state index is 12.1. The first kappa shape index (κ1) is 15.4. The van der Waals surface area contributed by atoms with E-state index in [1.807, 2.05) is 0 Å². The zero-order valence-electron chi connectivity index (χ0n) is 10.8. The predicted molar refractivity (Wildman–Crippen MR) is 64.0 cm³/mol. The van der Waals surface area contributed by atoms with Crippen molar-refractivity contribution in [2.45, 2.75) is 31.5 Å². The fourth-order valence-electron chi connectivity index (χ4n) is 2.40. The van der Waals surface area contributed by atoms with Gasteiger partial charge in [0.1, 0.15) is 0 Å². The summed E-state index contributed by atoms with van der Waals surface area (Å²) in [6.45, 7) is -0.671.